The van der Waals surface area contributed by atoms with Crippen LogP contribution in [0.3, 0.4) is 0 Å². The number of likely N-dealkylation sites (N-methyl/N-ethyl adjacent to an activating group) is 1. The summed E-state index contributed by atoms with van der Waals surface area (Å²) in [6.45, 7) is 6.70. The molecule has 0 aliphatic heterocycles. The highest BCUT2D eigenvalue weighted by Gasteiger charge is 2.33. The number of nitrogens with zero attached hydrogens (tertiary/aromatic N) is 1. The Balaban J connectivity index is 2.73. The first-order chi connectivity index (χ1) is 9.65. The van der Waals surface area contributed by atoms with Crippen LogP contribution in [0.5, 0.6) is 0 Å². The average molecular weight is 283 g/mol. The van der Waals surface area contributed by atoms with Gasteiger partial charge in [-0.15, -0.1) is 0 Å². The van der Waals surface area contributed by atoms with Crippen molar-refractivity contribution in [2.24, 2.45) is 17.6 Å². The summed E-state index contributed by atoms with van der Waals surface area (Å²) in [5.74, 6) is 1.49. The van der Waals surface area contributed by atoms with E-state index in [9.17, 15) is 4.79 Å². The maximum absolute atomic E-state index is 11.8. The van der Waals surface area contributed by atoms with E-state index < -0.39 is 0 Å². The first kappa shape index (κ1) is 17.4. The number of nitrogens with two attached hydrogens (primary N) is 1. The quantitative estimate of drug-likeness (QED) is 0.716. The molecule has 4 heteroatoms. The van der Waals surface area contributed by atoms with E-state index in [1.54, 1.807) is 7.05 Å². The second-order valence-electron chi connectivity index (χ2n) is 6.17. The smallest absolute Gasteiger partial charge is 0.233 e. The Kier molecular flexibility index (Phi) is 8.15. The molecule has 20 heavy (non-hydrogen) atoms. The zero-order valence-corrected chi connectivity index (χ0v) is 13.5. The van der Waals surface area contributed by atoms with E-state index in [-0.39, 0.29) is 5.91 Å². The number of hydrogen-bond acceptors (Lipinski definition) is 3. The maximum Gasteiger partial charge on any atom is 0.233 e. The number of carbonyl (C=O) groups excluding carboxylic acids is 1. The molecule has 3 unspecified atom stereocenters. The van der Waals surface area contributed by atoms with Crippen LogP contribution in [0.25, 0.3) is 0 Å². The molecule has 0 heterocycles. The lowest BCUT2D eigenvalue weighted by atomic mass is 9.76. The summed E-state index contributed by atoms with van der Waals surface area (Å²) < 4.78 is 0. The Morgan fingerprint density at radius 1 is 1.30 bits per heavy atom. The van der Waals surface area contributed by atoms with Gasteiger partial charge in [0.2, 0.25) is 5.91 Å². The van der Waals surface area contributed by atoms with Crippen molar-refractivity contribution < 1.29 is 4.79 Å². The largest absolute Gasteiger partial charge is 0.358 e. The molecule has 1 aliphatic rings. The van der Waals surface area contributed by atoms with Gasteiger partial charge in [-0.2, -0.15) is 0 Å². The van der Waals surface area contributed by atoms with E-state index >= 15 is 0 Å². The highest BCUT2D eigenvalue weighted by Crippen LogP contribution is 2.34. The van der Waals surface area contributed by atoms with E-state index in [1.807, 2.05) is 0 Å². The lowest BCUT2D eigenvalue weighted by molar-refractivity contribution is -0.123. The molecule has 118 valence electrons. The van der Waals surface area contributed by atoms with Gasteiger partial charge in [0.15, 0.2) is 0 Å². The van der Waals surface area contributed by atoms with Crippen LogP contribution >= 0.6 is 0 Å². The molecule has 0 saturated heterocycles. The second-order valence-corrected chi connectivity index (χ2v) is 6.17. The van der Waals surface area contributed by atoms with Crippen molar-refractivity contribution in [3.63, 3.8) is 0 Å². The van der Waals surface area contributed by atoms with Crippen molar-refractivity contribution in [3.8, 4) is 0 Å². The molecule has 1 amide bonds. The Morgan fingerprint density at radius 2 is 2.05 bits per heavy atom. The monoisotopic (exact) mass is 283 g/mol. The summed E-state index contributed by atoms with van der Waals surface area (Å²) >= 11 is 0. The Morgan fingerprint density at radius 3 is 2.60 bits per heavy atom. The molecule has 0 aromatic heterocycles. The predicted octanol–water partition coefficient (Wildman–Crippen LogP) is 1.99. The van der Waals surface area contributed by atoms with Gasteiger partial charge in [-0.3, -0.25) is 9.69 Å². The van der Waals surface area contributed by atoms with Crippen LogP contribution in [0.4, 0.5) is 0 Å². The van der Waals surface area contributed by atoms with Crippen LogP contribution in [0.2, 0.25) is 0 Å². The fourth-order valence-electron chi connectivity index (χ4n) is 3.60. The van der Waals surface area contributed by atoms with Crippen LogP contribution in [0.1, 0.15) is 52.4 Å². The first-order valence-electron chi connectivity index (χ1n) is 8.30. The van der Waals surface area contributed by atoms with Crippen molar-refractivity contribution >= 4 is 5.91 Å². The molecule has 4 nitrogen and oxygen atoms in total. The van der Waals surface area contributed by atoms with Crippen LogP contribution in [0, 0.1) is 11.8 Å². The maximum atomic E-state index is 11.8. The fourth-order valence-corrected chi connectivity index (χ4v) is 3.60. The van der Waals surface area contributed by atoms with Gasteiger partial charge in [-0.05, 0) is 44.2 Å². The molecule has 0 aromatic rings. The molecule has 0 spiro atoms. The van der Waals surface area contributed by atoms with Crippen molar-refractivity contribution in [2.45, 2.75) is 58.4 Å². The molecule has 1 rings (SSSR count). The average Bonchev–Trinajstić information content (AvgIpc) is 2.47. The second kappa shape index (κ2) is 9.35. The zero-order valence-electron chi connectivity index (χ0n) is 13.5. The Hall–Kier alpha value is -0.610. The van der Waals surface area contributed by atoms with Crippen molar-refractivity contribution in [1.29, 1.82) is 0 Å². The van der Waals surface area contributed by atoms with E-state index in [0.717, 1.165) is 25.4 Å². The topological polar surface area (TPSA) is 58.4 Å². The van der Waals surface area contributed by atoms with Gasteiger partial charge in [-0.25, -0.2) is 0 Å². The predicted molar refractivity (Wildman–Crippen MR) is 84.5 cm³/mol. The third-order valence-corrected chi connectivity index (χ3v) is 4.67. The summed E-state index contributed by atoms with van der Waals surface area (Å²) in [5, 5.41) is 2.75. The summed E-state index contributed by atoms with van der Waals surface area (Å²) in [5.41, 5.74) is 5.98. The molecule has 0 bridgehead atoms. The number of nitrogens with one attached hydrogen (secondary N) is 1. The van der Waals surface area contributed by atoms with Gasteiger partial charge in [0.05, 0.1) is 6.54 Å². The minimum atomic E-state index is 0.117. The molecular weight excluding hydrogens is 250 g/mol. The third-order valence-electron chi connectivity index (χ3n) is 4.67. The van der Waals surface area contributed by atoms with Crippen LogP contribution in [0.15, 0.2) is 0 Å². The van der Waals surface area contributed by atoms with Crippen molar-refractivity contribution in [2.75, 3.05) is 26.7 Å². The molecule has 1 fully saturated rings. The lowest BCUT2D eigenvalue weighted by Gasteiger charge is -2.42. The summed E-state index contributed by atoms with van der Waals surface area (Å²) in [6.07, 6.45) is 7.41. The fraction of sp³-hybridized carbons (Fsp3) is 0.938. The highest BCUT2D eigenvalue weighted by atomic mass is 16.1. The molecule has 0 radical (unpaired) electrons. The SMILES string of the molecule is CCCC1CCC(CN)C(N(CCC)CC(=O)NC)C1. The third kappa shape index (κ3) is 5.06. The van der Waals surface area contributed by atoms with E-state index in [2.05, 4.69) is 24.1 Å². The van der Waals surface area contributed by atoms with E-state index in [1.165, 1.54) is 32.1 Å². The minimum absolute atomic E-state index is 0.117. The number of carbonyl (C=O) groups is 1. The minimum Gasteiger partial charge on any atom is -0.358 e. The van der Waals surface area contributed by atoms with E-state index in [4.69, 9.17) is 5.73 Å². The lowest BCUT2D eigenvalue weighted by Crippen LogP contribution is -2.50. The van der Waals surface area contributed by atoms with Crippen LogP contribution < -0.4 is 11.1 Å². The van der Waals surface area contributed by atoms with Crippen LogP contribution in [-0.4, -0.2) is 43.5 Å². The van der Waals surface area contributed by atoms with Gasteiger partial charge in [0.25, 0.3) is 0 Å². The van der Waals surface area contributed by atoms with Gasteiger partial charge < -0.3 is 11.1 Å². The van der Waals surface area contributed by atoms with Crippen molar-refractivity contribution in [3.05, 3.63) is 0 Å². The van der Waals surface area contributed by atoms with Gasteiger partial charge in [0.1, 0.15) is 0 Å². The first-order valence-corrected chi connectivity index (χ1v) is 8.30. The Labute approximate surface area is 124 Å². The zero-order chi connectivity index (χ0) is 15.0. The molecule has 0 aromatic carbocycles. The normalized spacial score (nSPS) is 26.8. The molecule has 1 aliphatic carbocycles. The van der Waals surface area contributed by atoms with Gasteiger partial charge in [0, 0.05) is 13.1 Å². The van der Waals surface area contributed by atoms with Gasteiger partial charge >= 0.3 is 0 Å². The summed E-state index contributed by atoms with van der Waals surface area (Å²) in [4.78, 5) is 14.1. The van der Waals surface area contributed by atoms with Crippen LogP contribution in [-0.2, 0) is 4.79 Å². The number of rotatable bonds is 8. The summed E-state index contributed by atoms with van der Waals surface area (Å²) in [6, 6.07) is 0.488. The van der Waals surface area contributed by atoms with Gasteiger partial charge in [-0.1, -0.05) is 33.1 Å². The Bertz CT molecular complexity index is 283. The summed E-state index contributed by atoms with van der Waals surface area (Å²) in [7, 11) is 1.72. The van der Waals surface area contributed by atoms with Crippen molar-refractivity contribution in [1.82, 2.24) is 10.2 Å². The van der Waals surface area contributed by atoms with E-state index in [0.29, 0.717) is 18.5 Å². The number of hydrogen-bond donors (Lipinski definition) is 2. The number of amides is 1. The molecule has 3 N–H and O–H groups in total. The molecular formula is C16H33N3O. The standard InChI is InChI=1S/C16H33N3O/c1-4-6-13-7-8-14(11-17)15(10-13)19(9-5-2)12-16(20)18-3/h13-15H,4-12,17H2,1-3H3,(H,18,20). The molecule has 1 saturated carbocycles. The molecule has 3 atom stereocenters. The highest BCUT2D eigenvalue weighted by molar-refractivity contribution is 5.77.